The lowest BCUT2D eigenvalue weighted by atomic mass is 9.78. The molecule has 144 valence electrons. The monoisotopic (exact) mass is 344 g/mol. The van der Waals surface area contributed by atoms with Crippen molar-refractivity contribution in [1.82, 2.24) is 0 Å². The summed E-state index contributed by atoms with van der Waals surface area (Å²) in [5.41, 5.74) is 0.0455. The van der Waals surface area contributed by atoms with E-state index in [-0.39, 0.29) is 17.3 Å². The summed E-state index contributed by atoms with van der Waals surface area (Å²) in [7, 11) is 0. The van der Waals surface area contributed by atoms with Gasteiger partial charge in [-0.1, -0.05) is 48.0 Å². The Hall–Kier alpha value is -0.450. The first-order valence-electron chi connectivity index (χ1n) is 9.35. The second-order valence-electron chi connectivity index (χ2n) is 9.55. The van der Waals surface area contributed by atoms with Crippen LogP contribution in [0.3, 0.4) is 0 Å². The van der Waals surface area contributed by atoms with E-state index in [4.69, 9.17) is 0 Å². The third-order valence-electron chi connectivity index (χ3n) is 4.96. The number of aldehydes is 1. The number of aliphatic hydroxyl groups excluding tert-OH is 1. The lowest BCUT2D eigenvalue weighted by Crippen LogP contribution is -2.43. The number of hydrogen-bond donors (Lipinski definition) is 3. The second kappa shape index (κ2) is 9.88. The fourth-order valence-electron chi connectivity index (χ4n) is 2.75. The Morgan fingerprint density at radius 2 is 1.46 bits per heavy atom. The van der Waals surface area contributed by atoms with E-state index in [1.165, 1.54) is 0 Å². The summed E-state index contributed by atoms with van der Waals surface area (Å²) in [6.45, 7) is 12.6. The van der Waals surface area contributed by atoms with Gasteiger partial charge in [0.15, 0.2) is 5.79 Å². The van der Waals surface area contributed by atoms with E-state index < -0.39 is 11.9 Å². The number of carbonyl (C=O) groups is 1. The molecule has 24 heavy (non-hydrogen) atoms. The second-order valence-corrected chi connectivity index (χ2v) is 9.55. The van der Waals surface area contributed by atoms with Gasteiger partial charge in [0.2, 0.25) is 0 Å². The van der Waals surface area contributed by atoms with Crippen molar-refractivity contribution in [3.8, 4) is 0 Å². The summed E-state index contributed by atoms with van der Waals surface area (Å²) < 4.78 is 0. The number of aliphatic hydroxyl groups is 3. The van der Waals surface area contributed by atoms with Crippen LogP contribution in [-0.2, 0) is 4.79 Å². The van der Waals surface area contributed by atoms with Crippen LogP contribution in [-0.4, -0.2) is 33.5 Å². The van der Waals surface area contributed by atoms with Crippen LogP contribution in [0.5, 0.6) is 0 Å². The summed E-state index contributed by atoms with van der Waals surface area (Å²) in [6, 6.07) is 0. The topological polar surface area (TPSA) is 77.8 Å². The minimum Gasteiger partial charge on any atom is -0.388 e. The van der Waals surface area contributed by atoms with Crippen molar-refractivity contribution in [2.75, 3.05) is 0 Å². The Kier molecular flexibility index (Phi) is 9.70. The largest absolute Gasteiger partial charge is 0.388 e. The van der Waals surface area contributed by atoms with Crippen molar-refractivity contribution < 1.29 is 20.1 Å². The molecule has 4 heteroatoms. The lowest BCUT2D eigenvalue weighted by Gasteiger charge is -2.33. The fourth-order valence-corrected chi connectivity index (χ4v) is 2.75. The molecule has 0 fully saturated rings. The predicted octanol–water partition coefficient (Wildman–Crippen LogP) is 4.06. The van der Waals surface area contributed by atoms with Crippen LogP contribution in [0, 0.1) is 16.7 Å². The van der Waals surface area contributed by atoms with E-state index in [2.05, 4.69) is 41.5 Å². The maximum absolute atomic E-state index is 10.4. The summed E-state index contributed by atoms with van der Waals surface area (Å²) >= 11 is 0. The average Bonchev–Trinajstić information content (AvgIpc) is 2.46. The molecular weight excluding hydrogens is 304 g/mol. The zero-order chi connectivity index (χ0) is 19.0. The molecule has 0 bridgehead atoms. The van der Waals surface area contributed by atoms with Gasteiger partial charge in [0, 0.05) is 12.8 Å². The van der Waals surface area contributed by atoms with Crippen LogP contribution in [0.1, 0.15) is 92.9 Å². The van der Waals surface area contributed by atoms with Gasteiger partial charge in [-0.15, -0.1) is 0 Å². The summed E-state index contributed by atoms with van der Waals surface area (Å²) in [4.78, 5) is 10.4. The minimum absolute atomic E-state index is 0.0180. The van der Waals surface area contributed by atoms with Crippen LogP contribution < -0.4 is 0 Å². The van der Waals surface area contributed by atoms with Crippen molar-refractivity contribution in [1.29, 1.82) is 0 Å². The molecular formula is C20H40O4. The molecule has 0 aliphatic heterocycles. The SMILES string of the molecule is CC(CCC=O)CCC(C)(C)CCC(O)(O)C(O)CCC(C)(C)C. The van der Waals surface area contributed by atoms with Crippen molar-refractivity contribution in [2.24, 2.45) is 16.7 Å². The average molecular weight is 345 g/mol. The molecule has 0 aromatic rings. The first-order chi connectivity index (χ1) is 10.8. The Labute approximate surface area is 148 Å². The number of hydrogen-bond acceptors (Lipinski definition) is 4. The summed E-state index contributed by atoms with van der Waals surface area (Å²) in [6.07, 6.45) is 5.33. The van der Waals surface area contributed by atoms with Crippen LogP contribution in [0.25, 0.3) is 0 Å². The first kappa shape index (κ1) is 23.5. The summed E-state index contributed by atoms with van der Waals surface area (Å²) in [5, 5.41) is 30.5. The maximum atomic E-state index is 10.4. The molecule has 0 radical (unpaired) electrons. The zero-order valence-corrected chi connectivity index (χ0v) is 16.6. The van der Waals surface area contributed by atoms with Crippen LogP contribution in [0.15, 0.2) is 0 Å². The molecule has 0 spiro atoms. The summed E-state index contributed by atoms with van der Waals surface area (Å²) in [5.74, 6) is -1.52. The van der Waals surface area contributed by atoms with Crippen molar-refractivity contribution in [3.05, 3.63) is 0 Å². The van der Waals surface area contributed by atoms with Crippen LogP contribution >= 0.6 is 0 Å². The van der Waals surface area contributed by atoms with E-state index >= 15 is 0 Å². The number of carbonyl (C=O) groups excluding carboxylic acids is 1. The van der Waals surface area contributed by atoms with E-state index in [0.29, 0.717) is 25.2 Å². The van der Waals surface area contributed by atoms with Crippen LogP contribution in [0.2, 0.25) is 0 Å². The van der Waals surface area contributed by atoms with Gasteiger partial charge in [0.25, 0.3) is 0 Å². The molecule has 4 nitrogen and oxygen atoms in total. The Morgan fingerprint density at radius 3 is 1.96 bits per heavy atom. The highest BCUT2D eigenvalue weighted by Crippen LogP contribution is 2.34. The molecule has 2 atom stereocenters. The van der Waals surface area contributed by atoms with Gasteiger partial charge in [0.05, 0.1) is 0 Å². The molecule has 0 heterocycles. The zero-order valence-electron chi connectivity index (χ0n) is 16.6. The van der Waals surface area contributed by atoms with Crippen molar-refractivity contribution >= 4 is 6.29 Å². The lowest BCUT2D eigenvalue weighted by molar-refractivity contribution is -0.234. The third kappa shape index (κ3) is 11.2. The number of rotatable bonds is 12. The highest BCUT2D eigenvalue weighted by molar-refractivity contribution is 5.49. The third-order valence-corrected chi connectivity index (χ3v) is 4.96. The van der Waals surface area contributed by atoms with Crippen LogP contribution in [0.4, 0.5) is 0 Å². The smallest absolute Gasteiger partial charge is 0.189 e. The van der Waals surface area contributed by atoms with Crippen molar-refractivity contribution in [3.63, 3.8) is 0 Å². The fraction of sp³-hybridized carbons (Fsp3) is 0.950. The Bertz CT molecular complexity index is 355. The van der Waals surface area contributed by atoms with Gasteiger partial charge in [-0.3, -0.25) is 0 Å². The molecule has 0 aromatic carbocycles. The van der Waals surface area contributed by atoms with E-state index in [0.717, 1.165) is 32.0 Å². The molecule has 0 aliphatic rings. The molecule has 0 aromatic heterocycles. The van der Waals surface area contributed by atoms with Gasteiger partial charge in [-0.05, 0) is 48.9 Å². The standard InChI is InChI=1S/C20H40O4/c1-16(8-7-15-21)9-12-19(5,6)13-14-20(23,24)17(22)10-11-18(2,3)4/h15-17,22-24H,7-14H2,1-6H3. The normalized spacial score (nSPS) is 16.0. The van der Waals surface area contributed by atoms with Gasteiger partial charge >= 0.3 is 0 Å². The molecule has 0 aliphatic carbocycles. The molecule has 2 unspecified atom stereocenters. The Balaban J connectivity index is 4.32. The van der Waals surface area contributed by atoms with E-state index in [9.17, 15) is 20.1 Å². The van der Waals surface area contributed by atoms with Gasteiger partial charge in [-0.2, -0.15) is 0 Å². The molecule has 0 saturated heterocycles. The van der Waals surface area contributed by atoms with E-state index in [1.54, 1.807) is 0 Å². The van der Waals surface area contributed by atoms with Crippen molar-refractivity contribution in [2.45, 2.75) is 105 Å². The molecule has 3 N–H and O–H groups in total. The van der Waals surface area contributed by atoms with Gasteiger partial charge in [0.1, 0.15) is 12.4 Å². The quantitative estimate of drug-likeness (QED) is 0.368. The predicted molar refractivity (Wildman–Crippen MR) is 98.6 cm³/mol. The highest BCUT2D eigenvalue weighted by Gasteiger charge is 2.35. The van der Waals surface area contributed by atoms with Gasteiger partial charge < -0.3 is 20.1 Å². The van der Waals surface area contributed by atoms with Gasteiger partial charge in [-0.25, -0.2) is 0 Å². The molecule has 0 saturated carbocycles. The highest BCUT2D eigenvalue weighted by atomic mass is 16.5. The molecule has 0 amide bonds. The first-order valence-corrected chi connectivity index (χ1v) is 9.35. The molecule has 0 rings (SSSR count). The minimum atomic E-state index is -2.02. The Morgan fingerprint density at radius 1 is 0.875 bits per heavy atom. The van der Waals surface area contributed by atoms with E-state index in [1.807, 2.05) is 0 Å². The maximum Gasteiger partial charge on any atom is 0.189 e.